The van der Waals surface area contributed by atoms with Crippen LogP contribution in [0.1, 0.15) is 19.4 Å². The molecule has 0 saturated carbocycles. The molecule has 0 spiro atoms. The van der Waals surface area contributed by atoms with Crippen LogP contribution in [0.15, 0.2) is 18.3 Å². The average molecular weight is 279 g/mol. The maximum atomic E-state index is 5.54. The Labute approximate surface area is 121 Å². The molecule has 112 valence electrons. The number of hydrogen-bond acceptors (Lipinski definition) is 5. The predicted octanol–water partition coefficient (Wildman–Crippen LogP) is 1.43. The molecule has 0 aromatic carbocycles. The second-order valence-corrected chi connectivity index (χ2v) is 5.71. The Bertz CT molecular complexity index is 406. The summed E-state index contributed by atoms with van der Waals surface area (Å²) in [6.45, 7) is 9.19. The topological polar surface area (TPSA) is 46.6 Å². The van der Waals surface area contributed by atoms with Gasteiger partial charge in [0.25, 0.3) is 0 Å². The second kappa shape index (κ2) is 7.02. The maximum absolute atomic E-state index is 5.54. The van der Waals surface area contributed by atoms with Gasteiger partial charge in [-0.3, -0.25) is 0 Å². The molecule has 1 aliphatic rings. The zero-order valence-corrected chi connectivity index (χ0v) is 12.7. The Morgan fingerprint density at radius 3 is 2.95 bits per heavy atom. The first-order valence-corrected chi connectivity index (χ1v) is 7.13. The van der Waals surface area contributed by atoms with Crippen LogP contribution in [-0.4, -0.2) is 50.5 Å². The molecule has 1 aliphatic heterocycles. The van der Waals surface area contributed by atoms with E-state index in [1.807, 2.05) is 6.20 Å². The lowest BCUT2D eigenvalue weighted by molar-refractivity contribution is 0.0639. The Kier molecular flexibility index (Phi) is 5.34. The van der Waals surface area contributed by atoms with Gasteiger partial charge in [0.2, 0.25) is 0 Å². The fraction of sp³-hybridized carbons (Fsp3) is 0.667. The molecule has 0 radical (unpaired) electrons. The molecule has 0 aliphatic carbocycles. The smallest absolute Gasteiger partial charge is 0.129 e. The van der Waals surface area contributed by atoms with Crippen molar-refractivity contribution in [3.8, 4) is 0 Å². The highest BCUT2D eigenvalue weighted by molar-refractivity contribution is 5.43. The van der Waals surface area contributed by atoms with Crippen molar-refractivity contribution in [2.75, 3.05) is 44.9 Å². The van der Waals surface area contributed by atoms with Crippen molar-refractivity contribution in [1.29, 1.82) is 0 Å². The van der Waals surface area contributed by atoms with Crippen LogP contribution in [0.5, 0.6) is 0 Å². The Morgan fingerprint density at radius 1 is 1.45 bits per heavy atom. The first kappa shape index (κ1) is 15.2. The van der Waals surface area contributed by atoms with Crippen LogP contribution in [0, 0.1) is 0 Å². The predicted molar refractivity (Wildman–Crippen MR) is 80.1 cm³/mol. The Hall–Kier alpha value is -1.17. The van der Waals surface area contributed by atoms with E-state index in [-0.39, 0.29) is 5.54 Å². The summed E-state index contributed by atoms with van der Waals surface area (Å²) >= 11 is 0. The van der Waals surface area contributed by atoms with Gasteiger partial charge in [-0.2, -0.15) is 0 Å². The molecule has 2 rings (SSSR count). The third kappa shape index (κ3) is 3.91. The SMILES string of the molecule is COCCNCc1ccc(N2CCOCC2(C)C)nc1. The van der Waals surface area contributed by atoms with Crippen molar-refractivity contribution < 1.29 is 9.47 Å². The van der Waals surface area contributed by atoms with E-state index in [1.165, 1.54) is 5.56 Å². The number of nitrogens with one attached hydrogen (secondary N) is 1. The lowest BCUT2D eigenvalue weighted by Crippen LogP contribution is -2.53. The van der Waals surface area contributed by atoms with E-state index >= 15 is 0 Å². The van der Waals surface area contributed by atoms with E-state index < -0.39 is 0 Å². The molecule has 1 fully saturated rings. The highest BCUT2D eigenvalue weighted by Crippen LogP contribution is 2.25. The first-order chi connectivity index (χ1) is 9.63. The van der Waals surface area contributed by atoms with Gasteiger partial charge in [-0.05, 0) is 25.5 Å². The van der Waals surface area contributed by atoms with Gasteiger partial charge in [0, 0.05) is 32.9 Å². The Morgan fingerprint density at radius 2 is 2.30 bits per heavy atom. The average Bonchev–Trinajstić information content (AvgIpc) is 2.44. The summed E-state index contributed by atoms with van der Waals surface area (Å²) in [4.78, 5) is 6.91. The molecule has 2 heterocycles. The van der Waals surface area contributed by atoms with Crippen LogP contribution in [0.4, 0.5) is 5.82 Å². The first-order valence-electron chi connectivity index (χ1n) is 7.13. The van der Waals surface area contributed by atoms with Gasteiger partial charge in [-0.15, -0.1) is 0 Å². The van der Waals surface area contributed by atoms with Crippen molar-refractivity contribution in [2.24, 2.45) is 0 Å². The summed E-state index contributed by atoms with van der Waals surface area (Å²) in [5.74, 6) is 1.03. The minimum Gasteiger partial charge on any atom is -0.383 e. The standard InChI is InChI=1S/C15H25N3O2/c1-15(2)12-20-9-7-18(15)14-5-4-13(11-17-14)10-16-6-8-19-3/h4-5,11,16H,6-10,12H2,1-3H3. The molecule has 0 unspecified atom stereocenters. The zero-order chi connectivity index (χ0) is 14.4. The molecule has 5 heteroatoms. The summed E-state index contributed by atoms with van der Waals surface area (Å²) in [6, 6.07) is 4.23. The van der Waals surface area contributed by atoms with Crippen LogP contribution >= 0.6 is 0 Å². The van der Waals surface area contributed by atoms with Crippen LogP contribution in [-0.2, 0) is 16.0 Å². The van der Waals surface area contributed by atoms with Gasteiger partial charge in [0.05, 0.1) is 25.4 Å². The number of pyridine rings is 1. The number of nitrogens with zero attached hydrogens (tertiary/aromatic N) is 2. The highest BCUT2D eigenvalue weighted by atomic mass is 16.5. The quantitative estimate of drug-likeness (QED) is 0.798. The van der Waals surface area contributed by atoms with Crippen LogP contribution in [0.3, 0.4) is 0 Å². The van der Waals surface area contributed by atoms with E-state index in [9.17, 15) is 0 Å². The number of aromatic nitrogens is 1. The van der Waals surface area contributed by atoms with Crippen molar-refractivity contribution >= 4 is 5.82 Å². The highest BCUT2D eigenvalue weighted by Gasteiger charge is 2.31. The van der Waals surface area contributed by atoms with E-state index in [2.05, 4.69) is 41.2 Å². The summed E-state index contributed by atoms with van der Waals surface area (Å²) in [7, 11) is 1.71. The lowest BCUT2D eigenvalue weighted by atomic mass is 10.0. The monoisotopic (exact) mass is 279 g/mol. The number of hydrogen-bond donors (Lipinski definition) is 1. The summed E-state index contributed by atoms with van der Waals surface area (Å²) in [6.07, 6.45) is 1.95. The molecule has 1 aromatic rings. The fourth-order valence-electron chi connectivity index (χ4n) is 2.37. The van der Waals surface area contributed by atoms with Crippen molar-refractivity contribution in [2.45, 2.75) is 25.9 Å². The van der Waals surface area contributed by atoms with Crippen LogP contribution in [0.25, 0.3) is 0 Å². The molecule has 0 bridgehead atoms. The zero-order valence-electron chi connectivity index (χ0n) is 12.7. The molecule has 1 aromatic heterocycles. The van der Waals surface area contributed by atoms with Gasteiger partial charge in [-0.25, -0.2) is 4.98 Å². The van der Waals surface area contributed by atoms with Gasteiger partial charge in [0.1, 0.15) is 5.82 Å². The lowest BCUT2D eigenvalue weighted by Gasteiger charge is -2.43. The fourth-order valence-corrected chi connectivity index (χ4v) is 2.37. The van der Waals surface area contributed by atoms with E-state index in [4.69, 9.17) is 9.47 Å². The van der Waals surface area contributed by atoms with Crippen LogP contribution in [0.2, 0.25) is 0 Å². The van der Waals surface area contributed by atoms with Crippen molar-refractivity contribution in [1.82, 2.24) is 10.3 Å². The summed E-state index contributed by atoms with van der Waals surface area (Å²) < 4.78 is 10.5. The van der Waals surface area contributed by atoms with E-state index in [0.717, 1.165) is 45.3 Å². The van der Waals surface area contributed by atoms with Gasteiger partial charge in [0.15, 0.2) is 0 Å². The number of rotatable bonds is 6. The number of methoxy groups -OCH3 is 1. The Balaban J connectivity index is 1.93. The number of morpholine rings is 1. The minimum absolute atomic E-state index is 0.00345. The third-order valence-corrected chi connectivity index (χ3v) is 3.54. The van der Waals surface area contributed by atoms with Crippen LogP contribution < -0.4 is 10.2 Å². The third-order valence-electron chi connectivity index (χ3n) is 3.54. The molecule has 1 N–H and O–H groups in total. The van der Waals surface area contributed by atoms with E-state index in [0.29, 0.717) is 0 Å². The largest absolute Gasteiger partial charge is 0.383 e. The van der Waals surface area contributed by atoms with Gasteiger partial charge < -0.3 is 19.7 Å². The number of anilines is 1. The molecular formula is C15H25N3O2. The molecule has 0 amide bonds. The van der Waals surface area contributed by atoms with Gasteiger partial charge in [-0.1, -0.05) is 6.07 Å². The molecule has 5 nitrogen and oxygen atoms in total. The molecule has 1 saturated heterocycles. The summed E-state index contributed by atoms with van der Waals surface area (Å²) in [5.41, 5.74) is 1.19. The normalized spacial score (nSPS) is 18.2. The number of ether oxygens (including phenoxy) is 2. The second-order valence-electron chi connectivity index (χ2n) is 5.71. The van der Waals surface area contributed by atoms with Crippen molar-refractivity contribution in [3.05, 3.63) is 23.9 Å². The minimum atomic E-state index is 0.00345. The molecule has 20 heavy (non-hydrogen) atoms. The maximum Gasteiger partial charge on any atom is 0.129 e. The molecular weight excluding hydrogens is 254 g/mol. The molecule has 0 atom stereocenters. The van der Waals surface area contributed by atoms with E-state index in [1.54, 1.807) is 7.11 Å². The summed E-state index contributed by atoms with van der Waals surface area (Å²) in [5, 5.41) is 3.32. The van der Waals surface area contributed by atoms with Crippen molar-refractivity contribution in [3.63, 3.8) is 0 Å². The van der Waals surface area contributed by atoms with Gasteiger partial charge >= 0.3 is 0 Å².